The second-order valence-electron chi connectivity index (χ2n) is 4.56. The van der Waals surface area contributed by atoms with Gasteiger partial charge in [0.05, 0.1) is 6.61 Å². The summed E-state index contributed by atoms with van der Waals surface area (Å²) >= 11 is 7.03. The van der Waals surface area contributed by atoms with Crippen molar-refractivity contribution in [2.24, 2.45) is 0 Å². The van der Waals surface area contributed by atoms with Gasteiger partial charge in [-0.2, -0.15) is 4.98 Å². The lowest BCUT2D eigenvalue weighted by atomic mass is 10.2. The minimum Gasteiger partial charge on any atom is -0.462 e. The molecular weight excluding hydrogens is 343 g/mol. The number of hydrogen-bond acceptors (Lipinski definition) is 5. The third-order valence-corrected chi connectivity index (χ3v) is 4.34. The zero-order valence-corrected chi connectivity index (χ0v) is 14.1. The van der Waals surface area contributed by atoms with Crippen molar-refractivity contribution in [2.45, 2.75) is 24.6 Å². The summed E-state index contributed by atoms with van der Waals surface area (Å²) in [5.74, 6) is -0.909. The number of ether oxygens (including phenoxy) is 1. The van der Waals surface area contributed by atoms with Gasteiger partial charge in [0.25, 0.3) is 0 Å². The number of thioether (sulfide) groups is 1. The van der Waals surface area contributed by atoms with Crippen molar-refractivity contribution < 1.29 is 13.9 Å². The fourth-order valence-corrected chi connectivity index (χ4v) is 3.33. The molecule has 8 heteroatoms. The van der Waals surface area contributed by atoms with Gasteiger partial charge in [-0.3, -0.25) is 0 Å². The van der Waals surface area contributed by atoms with Crippen LogP contribution in [-0.4, -0.2) is 22.5 Å². The Hall–Kier alpha value is -1.86. The van der Waals surface area contributed by atoms with Crippen LogP contribution in [0.3, 0.4) is 0 Å². The maximum Gasteiger partial charge on any atom is 0.346 e. The molecule has 0 amide bonds. The lowest BCUT2D eigenvalue weighted by Gasteiger charge is -2.10. The summed E-state index contributed by atoms with van der Waals surface area (Å²) in [7, 11) is 0. The lowest BCUT2D eigenvalue weighted by molar-refractivity contribution is 0.0519. The van der Waals surface area contributed by atoms with Crippen molar-refractivity contribution in [3.05, 3.63) is 56.3 Å². The van der Waals surface area contributed by atoms with E-state index in [4.69, 9.17) is 16.3 Å². The Bertz CT molecular complexity index is 775. The number of hydrogen-bond donors (Lipinski definition) is 1. The van der Waals surface area contributed by atoms with Crippen LogP contribution in [-0.2, 0) is 10.5 Å². The smallest absolute Gasteiger partial charge is 0.346 e. The van der Waals surface area contributed by atoms with Crippen molar-refractivity contribution >= 4 is 29.3 Å². The molecule has 2 aromatic rings. The lowest BCUT2D eigenvalue weighted by Crippen LogP contribution is -2.19. The Morgan fingerprint density at radius 1 is 1.48 bits per heavy atom. The second-order valence-corrected chi connectivity index (χ2v) is 5.93. The molecule has 0 saturated heterocycles. The Balaban J connectivity index is 2.36. The van der Waals surface area contributed by atoms with Crippen molar-refractivity contribution in [3.8, 4) is 0 Å². The van der Waals surface area contributed by atoms with Gasteiger partial charge >= 0.3 is 11.7 Å². The number of esters is 1. The maximum atomic E-state index is 13.8. The molecule has 0 bridgehead atoms. The highest BCUT2D eigenvalue weighted by Crippen LogP contribution is 2.29. The molecule has 122 valence electrons. The number of aromatic amines is 1. The summed E-state index contributed by atoms with van der Waals surface area (Å²) in [5.41, 5.74) is 0.223. The molecule has 0 aliphatic heterocycles. The van der Waals surface area contributed by atoms with Gasteiger partial charge in [0.1, 0.15) is 16.4 Å². The number of carbonyl (C=O) groups is 1. The summed E-state index contributed by atoms with van der Waals surface area (Å²) in [6.45, 7) is 3.45. The van der Waals surface area contributed by atoms with Gasteiger partial charge in [-0.25, -0.2) is 14.0 Å². The van der Waals surface area contributed by atoms with Crippen LogP contribution < -0.4 is 5.69 Å². The molecule has 0 aliphatic rings. The first kappa shape index (κ1) is 17.5. The van der Waals surface area contributed by atoms with E-state index in [1.165, 1.54) is 12.1 Å². The number of nitrogens with one attached hydrogen (secondary N) is 1. The SMILES string of the molecule is CCOC(=O)c1c(SCc2c(F)cccc2Cl)nc(=O)[nH]c1C. The van der Waals surface area contributed by atoms with Crippen LogP contribution >= 0.6 is 23.4 Å². The van der Waals surface area contributed by atoms with E-state index in [1.807, 2.05) is 0 Å². The highest BCUT2D eigenvalue weighted by atomic mass is 35.5. The molecule has 23 heavy (non-hydrogen) atoms. The largest absolute Gasteiger partial charge is 0.462 e. The van der Waals surface area contributed by atoms with Gasteiger partial charge in [-0.15, -0.1) is 11.8 Å². The van der Waals surface area contributed by atoms with Crippen LogP contribution in [0.15, 0.2) is 28.0 Å². The fraction of sp³-hybridized carbons (Fsp3) is 0.267. The average Bonchev–Trinajstić information content (AvgIpc) is 2.46. The topological polar surface area (TPSA) is 72.0 Å². The Morgan fingerprint density at radius 2 is 2.22 bits per heavy atom. The first-order valence-electron chi connectivity index (χ1n) is 6.77. The molecule has 1 aromatic carbocycles. The number of nitrogens with zero attached hydrogens (tertiary/aromatic N) is 1. The number of aryl methyl sites for hydroxylation is 1. The van der Waals surface area contributed by atoms with E-state index in [9.17, 15) is 14.0 Å². The highest BCUT2D eigenvalue weighted by Gasteiger charge is 2.20. The van der Waals surface area contributed by atoms with E-state index in [1.54, 1.807) is 19.9 Å². The quantitative estimate of drug-likeness (QED) is 0.505. The zero-order chi connectivity index (χ0) is 17.0. The number of H-pyrrole nitrogens is 1. The van der Waals surface area contributed by atoms with E-state index in [0.717, 1.165) is 11.8 Å². The Labute approximate surface area is 141 Å². The maximum absolute atomic E-state index is 13.8. The average molecular weight is 357 g/mol. The number of carbonyl (C=O) groups excluding carboxylic acids is 1. The summed E-state index contributed by atoms with van der Waals surface area (Å²) in [6.07, 6.45) is 0. The number of rotatable bonds is 5. The fourth-order valence-electron chi connectivity index (χ4n) is 1.92. The van der Waals surface area contributed by atoms with Crippen LogP contribution in [0.2, 0.25) is 5.02 Å². The summed E-state index contributed by atoms with van der Waals surface area (Å²) in [6, 6.07) is 4.37. The van der Waals surface area contributed by atoms with Crippen molar-refractivity contribution in [2.75, 3.05) is 6.61 Å². The second kappa shape index (κ2) is 7.61. The highest BCUT2D eigenvalue weighted by molar-refractivity contribution is 7.98. The minimum absolute atomic E-state index is 0.133. The summed E-state index contributed by atoms with van der Waals surface area (Å²) in [5, 5.41) is 0.459. The van der Waals surface area contributed by atoms with E-state index in [0.29, 0.717) is 5.69 Å². The van der Waals surface area contributed by atoms with Crippen molar-refractivity contribution in [1.82, 2.24) is 9.97 Å². The number of aromatic nitrogens is 2. The van der Waals surface area contributed by atoms with Gasteiger partial charge in [0.15, 0.2) is 0 Å². The normalized spacial score (nSPS) is 10.6. The number of benzene rings is 1. The molecule has 0 atom stereocenters. The van der Waals surface area contributed by atoms with Gasteiger partial charge < -0.3 is 9.72 Å². The van der Waals surface area contributed by atoms with Crippen LogP contribution in [0.1, 0.15) is 28.5 Å². The molecule has 2 rings (SSSR count). The van der Waals surface area contributed by atoms with Gasteiger partial charge in [-0.1, -0.05) is 17.7 Å². The van der Waals surface area contributed by atoms with Gasteiger partial charge in [0.2, 0.25) is 0 Å². The van der Waals surface area contributed by atoms with Crippen LogP contribution in [0.25, 0.3) is 0 Å². The van der Waals surface area contributed by atoms with Crippen molar-refractivity contribution in [1.29, 1.82) is 0 Å². The molecule has 0 fully saturated rings. The third kappa shape index (κ3) is 4.11. The molecule has 0 aliphatic carbocycles. The molecule has 5 nitrogen and oxygen atoms in total. The zero-order valence-electron chi connectivity index (χ0n) is 12.5. The monoisotopic (exact) mass is 356 g/mol. The van der Waals surface area contributed by atoms with Crippen LogP contribution in [0, 0.1) is 12.7 Å². The van der Waals surface area contributed by atoms with E-state index < -0.39 is 17.5 Å². The van der Waals surface area contributed by atoms with Gasteiger partial charge in [0, 0.05) is 22.0 Å². The third-order valence-electron chi connectivity index (χ3n) is 2.98. The first-order valence-corrected chi connectivity index (χ1v) is 8.14. The van der Waals surface area contributed by atoms with Crippen LogP contribution in [0.4, 0.5) is 4.39 Å². The molecule has 1 aromatic heterocycles. The predicted octanol–water partition coefficient (Wildman–Crippen LogP) is 3.34. The minimum atomic E-state index is -0.587. The molecular formula is C15H14ClFN2O3S. The predicted molar refractivity (Wildman–Crippen MR) is 86.5 cm³/mol. The van der Waals surface area contributed by atoms with Crippen LogP contribution in [0.5, 0.6) is 0 Å². The molecule has 0 spiro atoms. The number of halogens is 2. The van der Waals surface area contributed by atoms with Gasteiger partial charge in [-0.05, 0) is 26.0 Å². The molecule has 0 saturated carbocycles. The first-order chi connectivity index (χ1) is 10.9. The summed E-state index contributed by atoms with van der Waals surface area (Å²) < 4.78 is 18.8. The summed E-state index contributed by atoms with van der Waals surface area (Å²) in [4.78, 5) is 29.9. The van der Waals surface area contributed by atoms with E-state index >= 15 is 0 Å². The Morgan fingerprint density at radius 3 is 2.87 bits per heavy atom. The van der Waals surface area contributed by atoms with E-state index in [-0.39, 0.29) is 33.5 Å². The Kier molecular flexibility index (Phi) is 5.79. The molecule has 1 heterocycles. The van der Waals surface area contributed by atoms with E-state index in [2.05, 4.69) is 9.97 Å². The standard InChI is InChI=1S/C15H14ClFN2O3S/c1-3-22-14(20)12-8(2)18-15(21)19-13(12)23-7-9-10(16)5-4-6-11(9)17/h4-6H,3,7H2,1-2H3,(H,18,19,21). The molecule has 0 unspecified atom stereocenters. The van der Waals surface area contributed by atoms with Crippen molar-refractivity contribution in [3.63, 3.8) is 0 Å². The molecule has 1 N–H and O–H groups in total. The molecule has 0 radical (unpaired) electrons.